The van der Waals surface area contributed by atoms with Gasteiger partial charge in [-0.15, -0.1) is 0 Å². The lowest BCUT2D eigenvalue weighted by molar-refractivity contribution is 0.199. The fraction of sp³-hybridized carbons (Fsp3) is 0.200. The summed E-state index contributed by atoms with van der Waals surface area (Å²) in [5.74, 6) is 0. The van der Waals surface area contributed by atoms with E-state index in [0.717, 1.165) is 10.5 Å². The summed E-state index contributed by atoms with van der Waals surface area (Å²) in [7, 11) is 0. The molecule has 16 heavy (non-hydrogen) atoms. The highest BCUT2D eigenvalue weighted by atomic mass is 35.5. The van der Waals surface area contributed by atoms with Gasteiger partial charge >= 0.3 is 0 Å². The van der Waals surface area contributed by atoms with Gasteiger partial charge in [-0.2, -0.15) is 5.10 Å². The minimum absolute atomic E-state index is 0.512. The monoisotopic (exact) mass is 255 g/mol. The summed E-state index contributed by atoms with van der Waals surface area (Å²) in [6.45, 7) is 1.70. The van der Waals surface area contributed by atoms with Crippen molar-refractivity contribution in [2.45, 2.75) is 23.1 Å². The molecule has 0 fully saturated rings. The van der Waals surface area contributed by atoms with Crippen LogP contribution in [-0.4, -0.2) is 20.3 Å². The highest BCUT2D eigenvalue weighted by Gasteiger charge is 2.08. The van der Waals surface area contributed by atoms with E-state index in [1.807, 2.05) is 12.1 Å². The minimum Gasteiger partial charge on any atom is -0.389 e. The molecule has 6 heteroatoms. The van der Waals surface area contributed by atoms with Crippen LogP contribution in [0.15, 0.2) is 34.6 Å². The van der Waals surface area contributed by atoms with Crippen LogP contribution < -0.4 is 0 Å². The molecule has 2 rings (SSSR count). The highest BCUT2D eigenvalue weighted by molar-refractivity contribution is 7.99. The van der Waals surface area contributed by atoms with E-state index in [9.17, 15) is 5.11 Å². The Hall–Kier alpha value is -1.04. The quantitative estimate of drug-likeness (QED) is 0.885. The van der Waals surface area contributed by atoms with Crippen molar-refractivity contribution in [2.24, 2.45) is 0 Å². The van der Waals surface area contributed by atoms with Gasteiger partial charge in [-0.1, -0.05) is 17.7 Å². The second kappa shape index (κ2) is 4.86. The topological polar surface area (TPSA) is 61.8 Å². The third-order valence-corrected chi connectivity index (χ3v) is 3.43. The van der Waals surface area contributed by atoms with Crippen LogP contribution >= 0.6 is 23.4 Å². The number of nitrogens with one attached hydrogen (secondary N) is 1. The molecule has 4 nitrogen and oxygen atoms in total. The van der Waals surface area contributed by atoms with Crippen LogP contribution in [0.4, 0.5) is 0 Å². The minimum atomic E-state index is -0.512. The Morgan fingerprint density at radius 1 is 1.50 bits per heavy atom. The molecule has 0 spiro atoms. The van der Waals surface area contributed by atoms with Crippen molar-refractivity contribution in [3.8, 4) is 0 Å². The first-order valence-electron chi connectivity index (χ1n) is 4.67. The number of H-pyrrole nitrogens is 1. The van der Waals surface area contributed by atoms with Gasteiger partial charge in [0.2, 0.25) is 0 Å². The number of nitrogens with zero attached hydrogens (tertiary/aromatic N) is 2. The number of benzene rings is 1. The van der Waals surface area contributed by atoms with Gasteiger partial charge in [-0.3, -0.25) is 5.10 Å². The molecule has 0 saturated heterocycles. The van der Waals surface area contributed by atoms with Gasteiger partial charge < -0.3 is 5.11 Å². The molecule has 0 bridgehead atoms. The van der Waals surface area contributed by atoms with Crippen molar-refractivity contribution in [1.29, 1.82) is 0 Å². The number of hydrogen-bond donors (Lipinski definition) is 2. The van der Waals surface area contributed by atoms with Crippen molar-refractivity contribution in [1.82, 2.24) is 15.2 Å². The predicted octanol–water partition coefficient (Wildman–Crippen LogP) is 2.66. The summed E-state index contributed by atoms with van der Waals surface area (Å²) in [4.78, 5) is 4.88. The largest absolute Gasteiger partial charge is 0.389 e. The van der Waals surface area contributed by atoms with Gasteiger partial charge in [0, 0.05) is 4.90 Å². The third kappa shape index (κ3) is 2.55. The van der Waals surface area contributed by atoms with Crippen LogP contribution in [0.3, 0.4) is 0 Å². The van der Waals surface area contributed by atoms with E-state index in [4.69, 9.17) is 11.6 Å². The molecule has 2 aromatic rings. The number of aliphatic hydroxyl groups is 1. The predicted molar refractivity (Wildman–Crippen MR) is 62.6 cm³/mol. The molecule has 0 aliphatic rings. The summed E-state index contributed by atoms with van der Waals surface area (Å²) >= 11 is 7.49. The van der Waals surface area contributed by atoms with E-state index >= 15 is 0 Å². The van der Waals surface area contributed by atoms with Crippen LogP contribution in [0.2, 0.25) is 5.02 Å². The average molecular weight is 256 g/mol. The summed E-state index contributed by atoms with van der Waals surface area (Å²) in [5.41, 5.74) is 0.798. The fourth-order valence-electron chi connectivity index (χ4n) is 1.21. The SMILES string of the molecule is C[C@H](O)c1ccc(Sc2ncn[nH]2)c(Cl)c1. The molecule has 1 heterocycles. The average Bonchev–Trinajstić information content (AvgIpc) is 2.73. The summed E-state index contributed by atoms with van der Waals surface area (Å²) in [5, 5.41) is 17.2. The summed E-state index contributed by atoms with van der Waals surface area (Å²) < 4.78 is 0. The van der Waals surface area contributed by atoms with Crippen molar-refractivity contribution in [2.75, 3.05) is 0 Å². The molecule has 0 aliphatic heterocycles. The van der Waals surface area contributed by atoms with Gasteiger partial charge in [0.25, 0.3) is 0 Å². The molecule has 1 atom stereocenters. The normalized spacial score (nSPS) is 12.7. The van der Waals surface area contributed by atoms with E-state index in [-0.39, 0.29) is 0 Å². The lowest BCUT2D eigenvalue weighted by Gasteiger charge is -2.07. The van der Waals surface area contributed by atoms with Crippen LogP contribution in [0.25, 0.3) is 0 Å². The van der Waals surface area contributed by atoms with E-state index in [2.05, 4.69) is 15.2 Å². The Bertz CT molecular complexity index is 473. The first-order chi connectivity index (χ1) is 7.66. The molecule has 1 aromatic carbocycles. The second-order valence-electron chi connectivity index (χ2n) is 3.26. The van der Waals surface area contributed by atoms with Crippen molar-refractivity contribution < 1.29 is 5.11 Å². The Morgan fingerprint density at radius 2 is 2.31 bits per heavy atom. The molecule has 0 radical (unpaired) electrons. The van der Waals surface area contributed by atoms with Crippen molar-refractivity contribution in [3.63, 3.8) is 0 Å². The molecule has 0 aliphatic carbocycles. The molecular weight excluding hydrogens is 246 g/mol. The lowest BCUT2D eigenvalue weighted by Crippen LogP contribution is -1.90. The molecule has 0 unspecified atom stereocenters. The van der Waals surface area contributed by atoms with E-state index in [1.54, 1.807) is 13.0 Å². The maximum Gasteiger partial charge on any atom is 0.188 e. The lowest BCUT2D eigenvalue weighted by atomic mass is 10.1. The number of aromatic nitrogens is 3. The fourth-order valence-corrected chi connectivity index (χ4v) is 2.21. The van der Waals surface area contributed by atoms with Crippen LogP contribution in [-0.2, 0) is 0 Å². The number of halogens is 1. The highest BCUT2D eigenvalue weighted by Crippen LogP contribution is 2.32. The Morgan fingerprint density at radius 3 is 2.88 bits per heavy atom. The molecule has 2 N–H and O–H groups in total. The van der Waals surface area contributed by atoms with Gasteiger partial charge in [-0.05, 0) is 36.4 Å². The number of aromatic amines is 1. The van der Waals surface area contributed by atoms with Gasteiger partial charge in [0.1, 0.15) is 6.33 Å². The van der Waals surface area contributed by atoms with Crippen LogP contribution in [0.5, 0.6) is 0 Å². The maximum atomic E-state index is 9.40. The number of aliphatic hydroxyl groups excluding tert-OH is 1. The van der Waals surface area contributed by atoms with Crippen LogP contribution in [0, 0.1) is 0 Å². The Kier molecular flexibility index (Phi) is 3.48. The zero-order chi connectivity index (χ0) is 11.5. The zero-order valence-corrected chi connectivity index (χ0v) is 10.1. The van der Waals surface area contributed by atoms with Gasteiger partial charge in [0.15, 0.2) is 5.16 Å². The van der Waals surface area contributed by atoms with Crippen molar-refractivity contribution in [3.05, 3.63) is 35.1 Å². The molecule has 1 aromatic heterocycles. The van der Waals surface area contributed by atoms with Gasteiger partial charge in [-0.25, -0.2) is 4.98 Å². The third-order valence-electron chi connectivity index (χ3n) is 2.04. The number of hydrogen-bond acceptors (Lipinski definition) is 4. The zero-order valence-electron chi connectivity index (χ0n) is 8.51. The van der Waals surface area contributed by atoms with E-state index in [0.29, 0.717) is 10.2 Å². The Balaban J connectivity index is 2.23. The first kappa shape index (κ1) is 11.4. The molecular formula is C10H10ClN3OS. The first-order valence-corrected chi connectivity index (χ1v) is 5.87. The maximum absolute atomic E-state index is 9.40. The second-order valence-corrected chi connectivity index (χ2v) is 4.70. The van der Waals surface area contributed by atoms with Gasteiger partial charge in [0.05, 0.1) is 11.1 Å². The smallest absolute Gasteiger partial charge is 0.188 e. The molecule has 0 saturated carbocycles. The summed E-state index contributed by atoms with van der Waals surface area (Å²) in [6.07, 6.45) is 0.933. The van der Waals surface area contributed by atoms with Crippen molar-refractivity contribution >= 4 is 23.4 Å². The molecule has 84 valence electrons. The van der Waals surface area contributed by atoms with E-state index < -0.39 is 6.10 Å². The molecule has 0 amide bonds. The number of rotatable bonds is 3. The summed E-state index contributed by atoms with van der Waals surface area (Å²) in [6, 6.07) is 5.46. The standard InChI is InChI=1S/C10H10ClN3OS/c1-6(15)7-2-3-9(8(11)4-7)16-10-12-5-13-14-10/h2-6,15H,1H3,(H,12,13,14)/t6-/m0/s1. The Labute approximate surface area is 102 Å². The van der Waals surface area contributed by atoms with E-state index in [1.165, 1.54) is 18.1 Å². The van der Waals surface area contributed by atoms with Crippen LogP contribution in [0.1, 0.15) is 18.6 Å².